The number of ether oxygens (including phenoxy) is 1. The summed E-state index contributed by atoms with van der Waals surface area (Å²) in [6.45, 7) is 0.205. The molecule has 7 heteroatoms. The molecule has 0 unspecified atom stereocenters. The van der Waals surface area contributed by atoms with E-state index < -0.39 is 17.7 Å². The van der Waals surface area contributed by atoms with Gasteiger partial charge in [-0.2, -0.15) is 0 Å². The fourth-order valence-corrected chi connectivity index (χ4v) is 4.59. The van der Waals surface area contributed by atoms with E-state index in [0.29, 0.717) is 23.1 Å². The minimum Gasteiger partial charge on any atom is -0.445 e. The minimum atomic E-state index is -0.668. The van der Waals surface area contributed by atoms with Crippen molar-refractivity contribution in [2.75, 3.05) is 0 Å². The number of hydrogen-bond acceptors (Lipinski definition) is 2. The van der Waals surface area contributed by atoms with Crippen LogP contribution in [0.25, 0.3) is 22.2 Å². The van der Waals surface area contributed by atoms with Gasteiger partial charge in [0.25, 0.3) is 0 Å². The van der Waals surface area contributed by atoms with Gasteiger partial charge < -0.3 is 15.0 Å². The van der Waals surface area contributed by atoms with Crippen LogP contribution < -0.4 is 5.32 Å². The van der Waals surface area contributed by atoms with Crippen molar-refractivity contribution in [2.24, 2.45) is 5.92 Å². The van der Waals surface area contributed by atoms with Crippen molar-refractivity contribution in [3.63, 3.8) is 0 Å². The van der Waals surface area contributed by atoms with Crippen LogP contribution in [0.4, 0.5) is 18.0 Å². The van der Waals surface area contributed by atoms with Crippen LogP contribution in [0.2, 0.25) is 0 Å². The fraction of sp³-hybridized carbons (Fsp3) is 0.222. The van der Waals surface area contributed by atoms with Crippen LogP contribution in [0.15, 0.2) is 66.7 Å². The molecule has 34 heavy (non-hydrogen) atoms. The van der Waals surface area contributed by atoms with Gasteiger partial charge in [-0.3, -0.25) is 0 Å². The maximum absolute atomic E-state index is 14.5. The number of carbonyl (C=O) groups excluding carboxylic acids is 1. The Morgan fingerprint density at radius 3 is 2.44 bits per heavy atom. The molecule has 3 aromatic carbocycles. The Bertz CT molecular complexity index is 1310. The van der Waals surface area contributed by atoms with E-state index in [1.54, 1.807) is 12.1 Å². The Kier molecular flexibility index (Phi) is 6.01. The van der Waals surface area contributed by atoms with Crippen molar-refractivity contribution in [3.05, 3.63) is 95.3 Å². The smallest absolute Gasteiger partial charge is 0.407 e. The van der Waals surface area contributed by atoms with Gasteiger partial charge in [-0.05, 0) is 72.2 Å². The highest BCUT2D eigenvalue weighted by Gasteiger charge is 2.32. The topological polar surface area (TPSA) is 54.1 Å². The highest BCUT2D eigenvalue weighted by atomic mass is 19.1. The van der Waals surface area contributed by atoms with Gasteiger partial charge in [-0.15, -0.1) is 0 Å². The fourth-order valence-electron chi connectivity index (χ4n) is 4.59. The standard InChI is InChI=1S/C27H23F3N2O2/c28-19-8-6-18(7-9-19)25-22(23-13-20(29)14-24(30)26(23)32-25)12-17-10-21(11-17)31-27(33)34-15-16-4-2-1-3-5-16/h1-9,13-14,17,21,32H,10-12,15H2,(H,31,33)/t17-,21-. The SMILES string of the molecule is O=C(N[C@H]1C[C@H](Cc2c(-c3ccc(F)cc3)[nH]c3c(F)cc(F)cc23)C1)OCc1ccccc1. The third kappa shape index (κ3) is 4.64. The number of rotatable bonds is 6. The van der Waals surface area contributed by atoms with E-state index in [-0.39, 0.29) is 29.9 Å². The van der Waals surface area contributed by atoms with Gasteiger partial charge >= 0.3 is 6.09 Å². The van der Waals surface area contributed by atoms with Gasteiger partial charge in [0.2, 0.25) is 0 Å². The second kappa shape index (κ2) is 9.25. The van der Waals surface area contributed by atoms with Crippen LogP contribution in [0.1, 0.15) is 24.0 Å². The molecule has 0 aliphatic heterocycles. The largest absolute Gasteiger partial charge is 0.445 e. The van der Waals surface area contributed by atoms with Crippen LogP contribution >= 0.6 is 0 Å². The summed E-state index contributed by atoms with van der Waals surface area (Å²) < 4.78 is 47.2. The predicted octanol–water partition coefficient (Wildman–Crippen LogP) is 6.50. The number of amides is 1. The maximum Gasteiger partial charge on any atom is 0.407 e. The Morgan fingerprint density at radius 1 is 0.971 bits per heavy atom. The molecule has 1 fully saturated rings. The number of alkyl carbamates (subject to hydrolysis) is 1. The summed E-state index contributed by atoms with van der Waals surface area (Å²) in [4.78, 5) is 15.2. The Labute approximate surface area is 194 Å². The third-order valence-electron chi connectivity index (χ3n) is 6.33. The summed E-state index contributed by atoms with van der Waals surface area (Å²) >= 11 is 0. The number of hydrogen-bond donors (Lipinski definition) is 2. The highest BCUT2D eigenvalue weighted by molar-refractivity contribution is 5.91. The van der Waals surface area contributed by atoms with E-state index in [1.807, 2.05) is 30.3 Å². The van der Waals surface area contributed by atoms with Crippen LogP contribution in [0.3, 0.4) is 0 Å². The first-order chi connectivity index (χ1) is 16.5. The summed E-state index contributed by atoms with van der Waals surface area (Å²) in [6.07, 6.45) is 1.57. The number of aromatic nitrogens is 1. The molecular formula is C27H23F3N2O2. The lowest BCUT2D eigenvalue weighted by Gasteiger charge is -2.35. The molecule has 0 spiro atoms. The first-order valence-electron chi connectivity index (χ1n) is 11.2. The van der Waals surface area contributed by atoms with E-state index in [1.165, 1.54) is 18.2 Å². The molecule has 4 aromatic rings. The van der Waals surface area contributed by atoms with Crippen molar-refractivity contribution in [1.29, 1.82) is 0 Å². The molecule has 5 rings (SSSR count). The zero-order valence-corrected chi connectivity index (χ0v) is 18.3. The number of fused-ring (bicyclic) bond motifs is 1. The first-order valence-corrected chi connectivity index (χ1v) is 11.2. The molecule has 0 atom stereocenters. The van der Waals surface area contributed by atoms with Crippen molar-refractivity contribution < 1.29 is 22.7 Å². The van der Waals surface area contributed by atoms with Gasteiger partial charge in [0.05, 0.1) is 5.52 Å². The molecule has 1 aromatic heterocycles. The van der Waals surface area contributed by atoms with Crippen molar-refractivity contribution in [2.45, 2.75) is 31.9 Å². The highest BCUT2D eigenvalue weighted by Crippen LogP contribution is 2.38. The van der Waals surface area contributed by atoms with Crippen LogP contribution in [0, 0.1) is 23.4 Å². The summed E-state index contributed by atoms with van der Waals surface area (Å²) in [5, 5.41) is 3.36. The minimum absolute atomic E-state index is 0.0128. The van der Waals surface area contributed by atoms with Gasteiger partial charge in [-0.25, -0.2) is 18.0 Å². The third-order valence-corrected chi connectivity index (χ3v) is 6.33. The maximum atomic E-state index is 14.5. The molecule has 4 nitrogen and oxygen atoms in total. The second-order valence-electron chi connectivity index (χ2n) is 8.74. The summed E-state index contributed by atoms with van der Waals surface area (Å²) in [5.74, 6) is -1.46. The quantitative estimate of drug-likeness (QED) is 0.342. The normalized spacial score (nSPS) is 17.4. The number of H-pyrrole nitrogens is 1. The number of carbonyl (C=O) groups is 1. The molecule has 2 N–H and O–H groups in total. The molecule has 0 bridgehead atoms. The monoisotopic (exact) mass is 464 g/mol. The Morgan fingerprint density at radius 2 is 1.71 bits per heavy atom. The van der Waals surface area contributed by atoms with Crippen LogP contribution in [-0.2, 0) is 17.8 Å². The van der Waals surface area contributed by atoms with Crippen molar-refractivity contribution >= 4 is 17.0 Å². The molecule has 1 aliphatic rings. The second-order valence-corrected chi connectivity index (χ2v) is 8.74. The summed E-state index contributed by atoms with van der Waals surface area (Å²) in [7, 11) is 0. The molecule has 1 heterocycles. The first kappa shape index (κ1) is 22.1. The number of aromatic amines is 1. The van der Waals surface area contributed by atoms with E-state index >= 15 is 0 Å². The molecular weight excluding hydrogens is 441 g/mol. The molecule has 1 saturated carbocycles. The van der Waals surface area contributed by atoms with E-state index in [9.17, 15) is 18.0 Å². The number of benzene rings is 3. The van der Waals surface area contributed by atoms with Gasteiger partial charge in [-0.1, -0.05) is 30.3 Å². The lowest BCUT2D eigenvalue weighted by atomic mass is 9.76. The van der Waals surface area contributed by atoms with Crippen molar-refractivity contribution in [3.8, 4) is 11.3 Å². The van der Waals surface area contributed by atoms with Gasteiger partial charge in [0.15, 0.2) is 0 Å². The lowest BCUT2D eigenvalue weighted by molar-refractivity contribution is 0.122. The average Bonchev–Trinajstić information content (AvgIpc) is 3.16. The average molecular weight is 464 g/mol. The lowest BCUT2D eigenvalue weighted by Crippen LogP contribution is -2.45. The van der Waals surface area contributed by atoms with E-state index in [4.69, 9.17) is 4.74 Å². The molecule has 1 aliphatic carbocycles. The number of halogens is 3. The van der Waals surface area contributed by atoms with E-state index in [2.05, 4.69) is 10.3 Å². The summed E-state index contributed by atoms with van der Waals surface area (Å²) in [5.41, 5.74) is 3.28. The molecule has 0 saturated heterocycles. The molecule has 174 valence electrons. The van der Waals surface area contributed by atoms with Crippen LogP contribution in [0.5, 0.6) is 0 Å². The summed E-state index contributed by atoms with van der Waals surface area (Å²) in [6, 6.07) is 17.5. The number of nitrogens with one attached hydrogen (secondary N) is 2. The molecule has 1 amide bonds. The Hall–Kier alpha value is -3.74. The molecule has 0 radical (unpaired) electrons. The van der Waals surface area contributed by atoms with Crippen LogP contribution in [-0.4, -0.2) is 17.1 Å². The van der Waals surface area contributed by atoms with Crippen molar-refractivity contribution in [1.82, 2.24) is 10.3 Å². The van der Waals surface area contributed by atoms with Gasteiger partial charge in [0.1, 0.15) is 24.1 Å². The Balaban J connectivity index is 1.27. The van der Waals surface area contributed by atoms with E-state index in [0.717, 1.165) is 30.0 Å². The predicted molar refractivity (Wildman–Crippen MR) is 124 cm³/mol. The zero-order chi connectivity index (χ0) is 23.7. The zero-order valence-electron chi connectivity index (χ0n) is 18.3. The van der Waals surface area contributed by atoms with Gasteiger partial charge in [0, 0.05) is 23.2 Å².